The molecule has 0 bridgehead atoms. The van der Waals surface area contributed by atoms with E-state index >= 15 is 0 Å². The van der Waals surface area contributed by atoms with Crippen LogP contribution in [0.4, 0.5) is 11.6 Å². The summed E-state index contributed by atoms with van der Waals surface area (Å²) in [5, 5.41) is 41.3. The quantitative estimate of drug-likeness (QED) is 0.0511. The highest BCUT2D eigenvalue weighted by Gasteiger charge is 2.45. The van der Waals surface area contributed by atoms with Gasteiger partial charge in [0.05, 0.1) is 23.9 Å². The molecule has 0 radical (unpaired) electrons. The molecule has 5 heterocycles. The van der Waals surface area contributed by atoms with Crippen LogP contribution in [0.15, 0.2) is 28.5 Å². The van der Waals surface area contributed by atoms with Gasteiger partial charge in [0.2, 0.25) is 0 Å². The fraction of sp³-hybridized carbons (Fsp3) is 0.600. The average molecular weight is 653 g/mol. The normalized spacial score (nSPS) is 27.4. The molecule has 0 unspecified atom stereocenters. The number of fused-ring (bicyclic) bond motifs is 1. The molecule has 8 atom stereocenters. The van der Waals surface area contributed by atoms with Crippen molar-refractivity contribution in [1.29, 1.82) is 0 Å². The number of anilines is 2. The van der Waals surface area contributed by atoms with Crippen molar-refractivity contribution in [2.45, 2.75) is 66.9 Å². The van der Waals surface area contributed by atoms with Crippen LogP contribution in [0.5, 0.6) is 0 Å². The molecule has 2 saturated heterocycles. The summed E-state index contributed by atoms with van der Waals surface area (Å²) in [6.07, 6.45) is -3.32. The lowest BCUT2D eigenvalue weighted by molar-refractivity contribution is -0.133. The number of nitrogens with two attached hydrogens (primary N) is 3. The molecule has 3 aromatic rings. The number of hydrogen-bond acceptors (Lipinski definition) is 18. The number of imidazole rings is 1. The van der Waals surface area contributed by atoms with Crippen molar-refractivity contribution in [3.05, 3.63) is 29.3 Å². The molecular formula is C25H36N10O9S. The standard InChI is InChI=1S/C25H36N10O9S/c26-16(42-11-37)1-2-33(3-4-45-15-7-34(25(41)32-21(15)27)17-5-12(38)14(8-36)43-17)6-13-19(39)20(40)24(44-13)35-10-31-18-22(28)29-9-30-23(18)35/h7,9-14,16-17,19-20,24,36,38-40H,1-6,8,26H2,(H2,27,32,41)(H2,28,29,30)/t12-,13+,14+,16+,17+,19+,20+,24+/m0/s1. The largest absolute Gasteiger partial charge is 0.449 e. The van der Waals surface area contributed by atoms with Gasteiger partial charge in [0.25, 0.3) is 6.47 Å². The molecule has 246 valence electrons. The predicted octanol–water partition coefficient (Wildman–Crippen LogP) is -3.25. The van der Waals surface area contributed by atoms with Crippen molar-refractivity contribution in [2.75, 3.05) is 43.5 Å². The van der Waals surface area contributed by atoms with Gasteiger partial charge in [0.15, 0.2) is 23.9 Å². The Bertz CT molecular complexity index is 1530. The Kier molecular flexibility index (Phi) is 10.5. The summed E-state index contributed by atoms with van der Waals surface area (Å²) < 4.78 is 19.2. The number of ether oxygens (including phenoxy) is 3. The Morgan fingerprint density at radius 1 is 1.11 bits per heavy atom. The van der Waals surface area contributed by atoms with Crippen LogP contribution in [0, 0.1) is 0 Å². The van der Waals surface area contributed by atoms with Crippen LogP contribution < -0.4 is 22.9 Å². The van der Waals surface area contributed by atoms with Gasteiger partial charge in [-0.25, -0.2) is 19.7 Å². The van der Waals surface area contributed by atoms with Crippen molar-refractivity contribution >= 4 is 41.0 Å². The van der Waals surface area contributed by atoms with Crippen molar-refractivity contribution in [1.82, 2.24) is 34.0 Å². The third kappa shape index (κ3) is 7.18. The maximum atomic E-state index is 12.5. The first-order valence-corrected chi connectivity index (χ1v) is 15.1. The summed E-state index contributed by atoms with van der Waals surface area (Å²) in [6, 6.07) is 0. The SMILES string of the molecule is Nc1nc(=O)n([C@H]2C[C@H](O)[C@@H](CO)O2)cc1SCCN(CC[C@H](N)OC=O)C[C@H]1O[C@@H](n2cnc3c(N)ncnc32)[C@H](O)[C@@H]1O. The number of nitrogen functional groups attached to an aromatic ring is 2. The molecule has 3 aromatic heterocycles. The minimum atomic E-state index is -1.31. The number of hydrogen-bond donors (Lipinski definition) is 7. The summed E-state index contributed by atoms with van der Waals surface area (Å²) >= 11 is 1.30. The molecule has 0 amide bonds. The first kappa shape index (κ1) is 32.9. The smallest absolute Gasteiger partial charge is 0.351 e. The van der Waals surface area contributed by atoms with Crippen molar-refractivity contribution in [3.8, 4) is 0 Å². The van der Waals surface area contributed by atoms with Gasteiger partial charge in [-0.05, 0) is 0 Å². The summed E-state index contributed by atoms with van der Waals surface area (Å²) in [6.45, 7) is 0.767. The van der Waals surface area contributed by atoms with Crippen LogP contribution in [-0.4, -0.2) is 130 Å². The molecule has 0 aromatic carbocycles. The number of aliphatic hydroxyl groups excluding tert-OH is 4. The number of carbonyl (C=O) groups excluding carboxylic acids is 1. The number of aromatic nitrogens is 6. The van der Waals surface area contributed by atoms with Crippen LogP contribution >= 0.6 is 11.8 Å². The first-order valence-electron chi connectivity index (χ1n) is 14.1. The summed E-state index contributed by atoms with van der Waals surface area (Å²) in [5.74, 6) is 0.608. The second kappa shape index (κ2) is 14.3. The Morgan fingerprint density at radius 3 is 2.64 bits per heavy atom. The van der Waals surface area contributed by atoms with Gasteiger partial charge in [-0.3, -0.25) is 24.6 Å². The summed E-state index contributed by atoms with van der Waals surface area (Å²) in [4.78, 5) is 41.8. The zero-order valence-corrected chi connectivity index (χ0v) is 24.8. The second-order valence-electron chi connectivity index (χ2n) is 10.6. The third-order valence-corrected chi connectivity index (χ3v) is 8.71. The van der Waals surface area contributed by atoms with Gasteiger partial charge < -0.3 is 46.1 Å². The molecule has 0 spiro atoms. The second-order valence-corrected chi connectivity index (χ2v) is 11.8. The molecular weight excluding hydrogens is 616 g/mol. The highest BCUT2D eigenvalue weighted by atomic mass is 32.2. The third-order valence-electron chi connectivity index (χ3n) is 7.70. The molecule has 19 nitrogen and oxygen atoms in total. The van der Waals surface area contributed by atoms with E-state index in [1.807, 2.05) is 4.90 Å². The zero-order valence-electron chi connectivity index (χ0n) is 24.0. The lowest BCUT2D eigenvalue weighted by atomic mass is 10.1. The number of nitrogens with zero attached hydrogens (tertiary/aromatic N) is 7. The molecule has 0 aliphatic carbocycles. The summed E-state index contributed by atoms with van der Waals surface area (Å²) in [7, 11) is 0. The van der Waals surface area contributed by atoms with E-state index < -0.39 is 61.5 Å². The lowest BCUT2D eigenvalue weighted by Crippen LogP contribution is -2.42. The fourth-order valence-electron chi connectivity index (χ4n) is 5.28. The van der Waals surface area contributed by atoms with Crippen LogP contribution in [0.3, 0.4) is 0 Å². The highest BCUT2D eigenvalue weighted by molar-refractivity contribution is 7.99. The maximum Gasteiger partial charge on any atom is 0.351 e. The molecule has 2 aliphatic rings. The topological polar surface area (TPSA) is 285 Å². The van der Waals surface area contributed by atoms with E-state index in [1.54, 1.807) is 0 Å². The van der Waals surface area contributed by atoms with E-state index in [1.165, 1.54) is 39.7 Å². The number of aliphatic hydroxyl groups is 4. The van der Waals surface area contributed by atoms with E-state index in [-0.39, 0.29) is 37.5 Å². The minimum Gasteiger partial charge on any atom is -0.449 e. The number of rotatable bonds is 14. The van der Waals surface area contributed by atoms with E-state index in [0.717, 1.165) is 0 Å². The molecule has 2 fully saturated rings. The Morgan fingerprint density at radius 2 is 1.91 bits per heavy atom. The maximum absolute atomic E-state index is 12.5. The van der Waals surface area contributed by atoms with Crippen LogP contribution in [0.1, 0.15) is 25.3 Å². The molecule has 45 heavy (non-hydrogen) atoms. The van der Waals surface area contributed by atoms with Gasteiger partial charge in [-0.15, -0.1) is 11.8 Å². The predicted molar refractivity (Wildman–Crippen MR) is 157 cm³/mol. The first-order chi connectivity index (χ1) is 21.6. The fourth-order valence-corrected chi connectivity index (χ4v) is 6.23. The number of thioether (sulfide) groups is 1. The average Bonchev–Trinajstić information content (AvgIpc) is 3.69. The van der Waals surface area contributed by atoms with Crippen LogP contribution in [0.2, 0.25) is 0 Å². The van der Waals surface area contributed by atoms with Crippen molar-refractivity contribution in [2.24, 2.45) is 5.73 Å². The van der Waals surface area contributed by atoms with E-state index in [0.29, 0.717) is 34.9 Å². The molecule has 5 rings (SSSR count). The van der Waals surface area contributed by atoms with Gasteiger partial charge >= 0.3 is 5.69 Å². The highest BCUT2D eigenvalue weighted by Crippen LogP contribution is 2.33. The van der Waals surface area contributed by atoms with E-state index in [2.05, 4.69) is 19.9 Å². The minimum absolute atomic E-state index is 0.0176. The van der Waals surface area contributed by atoms with Crippen molar-refractivity contribution < 1.29 is 39.4 Å². The molecule has 2 aliphatic heterocycles. The van der Waals surface area contributed by atoms with Gasteiger partial charge in [-0.2, -0.15) is 4.98 Å². The monoisotopic (exact) mass is 652 g/mol. The van der Waals surface area contributed by atoms with Gasteiger partial charge in [-0.1, -0.05) is 0 Å². The van der Waals surface area contributed by atoms with Crippen molar-refractivity contribution in [3.63, 3.8) is 0 Å². The van der Waals surface area contributed by atoms with Crippen LogP contribution in [-0.2, 0) is 19.0 Å². The van der Waals surface area contributed by atoms with E-state index in [9.17, 15) is 30.0 Å². The molecule has 10 N–H and O–H groups in total. The molecule has 20 heteroatoms. The lowest BCUT2D eigenvalue weighted by Gasteiger charge is -2.27. The Hall–Kier alpha value is -3.47. The Balaban J connectivity index is 1.27. The molecule has 0 saturated carbocycles. The van der Waals surface area contributed by atoms with Gasteiger partial charge in [0, 0.05) is 44.4 Å². The number of carbonyl (C=O) groups is 1. The van der Waals surface area contributed by atoms with Crippen LogP contribution in [0.25, 0.3) is 11.2 Å². The van der Waals surface area contributed by atoms with Gasteiger partial charge in [0.1, 0.15) is 48.3 Å². The zero-order chi connectivity index (χ0) is 32.2. The summed E-state index contributed by atoms with van der Waals surface area (Å²) in [5.41, 5.74) is 17.8. The Labute approximate surface area is 259 Å². The van der Waals surface area contributed by atoms with E-state index in [4.69, 9.17) is 31.4 Å².